The molecule has 2 rings (SSSR count). The Morgan fingerprint density at radius 3 is 2.86 bits per heavy atom. The second-order valence-electron chi connectivity index (χ2n) is 5.07. The third kappa shape index (κ3) is 4.27. The Labute approximate surface area is 133 Å². The first-order valence-corrected chi connectivity index (χ1v) is 8.42. The van der Waals surface area contributed by atoms with Gasteiger partial charge < -0.3 is 15.4 Å². The molecule has 0 saturated heterocycles. The second-order valence-corrected chi connectivity index (χ2v) is 6.18. The number of aromatic amines is 1. The molecule has 22 heavy (non-hydrogen) atoms. The van der Waals surface area contributed by atoms with E-state index >= 15 is 0 Å². The number of thioether (sulfide) groups is 1. The molecule has 5 nitrogen and oxygen atoms in total. The Balaban J connectivity index is 2.03. The van der Waals surface area contributed by atoms with Gasteiger partial charge in [-0.25, -0.2) is 4.79 Å². The summed E-state index contributed by atoms with van der Waals surface area (Å²) in [5.74, 6) is -0.0520. The first kappa shape index (κ1) is 16.4. The van der Waals surface area contributed by atoms with E-state index < -0.39 is 12.0 Å². The van der Waals surface area contributed by atoms with Crippen molar-refractivity contribution in [1.29, 1.82) is 0 Å². The zero-order valence-electron chi connectivity index (χ0n) is 12.5. The van der Waals surface area contributed by atoms with E-state index in [1.54, 1.807) is 6.20 Å². The highest BCUT2D eigenvalue weighted by Gasteiger charge is 2.21. The third-order valence-electron chi connectivity index (χ3n) is 3.31. The molecule has 1 amide bonds. The van der Waals surface area contributed by atoms with Crippen LogP contribution in [0.5, 0.6) is 0 Å². The zero-order valence-corrected chi connectivity index (χ0v) is 13.3. The largest absolute Gasteiger partial charge is 0.480 e. The molecule has 2 aromatic rings. The average Bonchev–Trinajstić information content (AvgIpc) is 2.90. The zero-order chi connectivity index (χ0) is 15.9. The van der Waals surface area contributed by atoms with Gasteiger partial charge in [0.05, 0.1) is 5.75 Å². The number of carboxylic acids is 1. The minimum atomic E-state index is -1.01. The Morgan fingerprint density at radius 2 is 2.14 bits per heavy atom. The van der Waals surface area contributed by atoms with Crippen LogP contribution in [0.3, 0.4) is 0 Å². The number of amides is 1. The third-order valence-corrected chi connectivity index (χ3v) is 4.48. The van der Waals surface area contributed by atoms with Gasteiger partial charge in [-0.05, 0) is 23.8 Å². The number of rotatable bonds is 8. The molecule has 0 aliphatic rings. The Hall–Kier alpha value is -1.95. The topological polar surface area (TPSA) is 82.2 Å². The van der Waals surface area contributed by atoms with E-state index in [9.17, 15) is 14.7 Å². The van der Waals surface area contributed by atoms with Crippen molar-refractivity contribution >= 4 is 34.5 Å². The summed E-state index contributed by atoms with van der Waals surface area (Å²) < 4.78 is 0. The fraction of sp³-hybridized carbons (Fsp3) is 0.375. The summed E-state index contributed by atoms with van der Waals surface area (Å²) in [6.07, 6.45) is 3.07. The molecule has 1 atom stereocenters. The van der Waals surface area contributed by atoms with Gasteiger partial charge in [0, 0.05) is 23.5 Å². The molecule has 0 saturated carbocycles. The van der Waals surface area contributed by atoms with Gasteiger partial charge in [-0.3, -0.25) is 4.79 Å². The molecule has 0 fully saturated rings. The standard InChI is InChI=1S/C16H20N2O3S/c1-2-7-22-10-15(19)18-14(16(20)21)8-11-9-17-13-6-4-3-5-12(11)13/h3-6,9,14,17H,2,7-8,10H2,1H3,(H,18,19)(H,20,21). The minimum absolute atomic E-state index is 0.231. The Morgan fingerprint density at radius 1 is 1.36 bits per heavy atom. The molecule has 0 spiro atoms. The Bertz CT molecular complexity index is 654. The number of H-pyrrole nitrogens is 1. The normalized spacial score (nSPS) is 12.2. The molecule has 1 unspecified atom stereocenters. The SMILES string of the molecule is CCCSCC(=O)NC(Cc1c[nH]c2ccccc12)C(=O)O. The number of carbonyl (C=O) groups excluding carboxylic acids is 1. The van der Waals surface area contributed by atoms with Crippen molar-refractivity contribution in [2.45, 2.75) is 25.8 Å². The van der Waals surface area contributed by atoms with Gasteiger partial charge in [0.1, 0.15) is 6.04 Å². The maximum atomic E-state index is 11.8. The minimum Gasteiger partial charge on any atom is -0.480 e. The molecule has 0 aliphatic heterocycles. The van der Waals surface area contributed by atoms with E-state index in [-0.39, 0.29) is 12.3 Å². The lowest BCUT2D eigenvalue weighted by Gasteiger charge is -2.14. The van der Waals surface area contributed by atoms with Crippen LogP contribution in [0.4, 0.5) is 0 Å². The van der Waals surface area contributed by atoms with Crippen LogP contribution in [0, 0.1) is 0 Å². The van der Waals surface area contributed by atoms with Gasteiger partial charge in [0.2, 0.25) is 5.91 Å². The van der Waals surface area contributed by atoms with E-state index in [4.69, 9.17) is 0 Å². The lowest BCUT2D eigenvalue weighted by atomic mass is 10.1. The van der Waals surface area contributed by atoms with E-state index in [0.29, 0.717) is 5.75 Å². The monoisotopic (exact) mass is 320 g/mol. The summed E-state index contributed by atoms with van der Waals surface area (Å²) in [5, 5.41) is 12.9. The predicted molar refractivity (Wildman–Crippen MR) is 89.2 cm³/mol. The first-order chi connectivity index (χ1) is 10.6. The first-order valence-electron chi connectivity index (χ1n) is 7.26. The number of nitrogens with one attached hydrogen (secondary N) is 2. The summed E-state index contributed by atoms with van der Waals surface area (Å²) in [6.45, 7) is 2.04. The quantitative estimate of drug-likeness (QED) is 0.652. The predicted octanol–water partition coefficient (Wildman–Crippen LogP) is 2.42. The lowest BCUT2D eigenvalue weighted by molar-refractivity contribution is -0.141. The summed E-state index contributed by atoms with van der Waals surface area (Å²) in [4.78, 5) is 26.3. The van der Waals surface area contributed by atoms with Crippen molar-refractivity contribution in [2.75, 3.05) is 11.5 Å². The molecule has 0 aliphatic carbocycles. The molecule has 6 heteroatoms. The molecule has 118 valence electrons. The fourth-order valence-electron chi connectivity index (χ4n) is 2.27. The molecular weight excluding hydrogens is 300 g/mol. The maximum absolute atomic E-state index is 11.8. The van der Waals surface area contributed by atoms with Crippen molar-refractivity contribution in [3.63, 3.8) is 0 Å². The van der Waals surface area contributed by atoms with Crippen LogP contribution in [0.15, 0.2) is 30.5 Å². The number of para-hydroxylation sites is 1. The molecule has 3 N–H and O–H groups in total. The number of benzene rings is 1. The highest BCUT2D eigenvalue weighted by molar-refractivity contribution is 7.99. The highest BCUT2D eigenvalue weighted by atomic mass is 32.2. The van der Waals surface area contributed by atoms with Crippen LogP contribution < -0.4 is 5.32 Å². The molecule has 1 aromatic heterocycles. The summed E-state index contributed by atoms with van der Waals surface area (Å²) in [6, 6.07) is 6.81. The fourth-order valence-corrected chi connectivity index (χ4v) is 2.97. The van der Waals surface area contributed by atoms with Crippen molar-refractivity contribution in [3.8, 4) is 0 Å². The number of hydrogen-bond acceptors (Lipinski definition) is 3. The van der Waals surface area contributed by atoms with Crippen LogP contribution in [-0.2, 0) is 16.0 Å². The van der Waals surface area contributed by atoms with Gasteiger partial charge in [-0.2, -0.15) is 11.8 Å². The van der Waals surface area contributed by atoms with E-state index in [0.717, 1.165) is 28.6 Å². The maximum Gasteiger partial charge on any atom is 0.326 e. The van der Waals surface area contributed by atoms with Gasteiger partial charge in [0.25, 0.3) is 0 Å². The number of hydrogen-bond donors (Lipinski definition) is 3. The molecule has 1 heterocycles. The summed E-state index contributed by atoms with van der Waals surface area (Å²) in [5.41, 5.74) is 1.86. The molecular formula is C16H20N2O3S. The van der Waals surface area contributed by atoms with Crippen molar-refractivity contribution < 1.29 is 14.7 Å². The molecule has 0 bridgehead atoms. The van der Waals surface area contributed by atoms with Gasteiger partial charge in [-0.1, -0.05) is 25.1 Å². The number of aromatic nitrogens is 1. The number of carboxylic acid groups (broad SMARTS) is 1. The summed E-state index contributed by atoms with van der Waals surface area (Å²) >= 11 is 1.51. The lowest BCUT2D eigenvalue weighted by Crippen LogP contribution is -2.43. The van der Waals surface area contributed by atoms with Gasteiger partial charge in [0.15, 0.2) is 0 Å². The van der Waals surface area contributed by atoms with Crippen molar-refractivity contribution in [1.82, 2.24) is 10.3 Å². The molecule has 0 radical (unpaired) electrons. The highest BCUT2D eigenvalue weighted by Crippen LogP contribution is 2.19. The van der Waals surface area contributed by atoms with E-state index in [2.05, 4.69) is 10.3 Å². The van der Waals surface area contributed by atoms with E-state index in [1.165, 1.54) is 11.8 Å². The smallest absolute Gasteiger partial charge is 0.326 e. The van der Waals surface area contributed by atoms with Gasteiger partial charge in [-0.15, -0.1) is 0 Å². The number of carbonyl (C=O) groups is 2. The van der Waals surface area contributed by atoms with Gasteiger partial charge >= 0.3 is 5.97 Å². The van der Waals surface area contributed by atoms with Crippen LogP contribution in [0.2, 0.25) is 0 Å². The van der Waals surface area contributed by atoms with E-state index in [1.807, 2.05) is 31.2 Å². The number of aliphatic carboxylic acids is 1. The average molecular weight is 320 g/mol. The van der Waals surface area contributed by atoms with Crippen molar-refractivity contribution in [2.24, 2.45) is 0 Å². The van der Waals surface area contributed by atoms with Crippen LogP contribution in [0.25, 0.3) is 10.9 Å². The van der Waals surface area contributed by atoms with Crippen LogP contribution in [-0.4, -0.2) is 39.5 Å². The van der Waals surface area contributed by atoms with Crippen molar-refractivity contribution in [3.05, 3.63) is 36.0 Å². The Kier molecular flexibility index (Phi) is 5.89. The molecule has 1 aromatic carbocycles. The van der Waals surface area contributed by atoms with Crippen LogP contribution in [0.1, 0.15) is 18.9 Å². The summed E-state index contributed by atoms with van der Waals surface area (Å²) in [7, 11) is 0. The van der Waals surface area contributed by atoms with Crippen LogP contribution >= 0.6 is 11.8 Å². The second kappa shape index (κ2) is 7.89. The number of fused-ring (bicyclic) bond motifs is 1.